The molecule has 3 rings (SSSR count). The highest BCUT2D eigenvalue weighted by molar-refractivity contribution is 7.90. The zero-order chi connectivity index (χ0) is 20.6. The average molecular weight is 443 g/mol. The van der Waals surface area contributed by atoms with Crippen LogP contribution in [0.4, 0.5) is 8.78 Å². The van der Waals surface area contributed by atoms with Crippen LogP contribution in [0.15, 0.2) is 53.4 Å². The largest absolute Gasteiger partial charge is 0.494 e. The fourth-order valence-corrected chi connectivity index (χ4v) is 4.09. The predicted molar refractivity (Wildman–Crippen MR) is 107 cm³/mol. The Bertz CT molecular complexity index is 1140. The quantitative estimate of drug-likeness (QED) is 0.496. The number of ether oxygens (including phenoxy) is 1. The molecule has 0 fully saturated rings. The lowest BCUT2D eigenvalue weighted by molar-refractivity contribution is 0.415. The number of benzene rings is 3. The molecule has 3 aromatic rings. The van der Waals surface area contributed by atoms with Gasteiger partial charge >= 0.3 is 0 Å². The molecule has 3 aromatic carbocycles. The molecule has 3 nitrogen and oxygen atoms in total. The van der Waals surface area contributed by atoms with Crippen molar-refractivity contribution in [3.05, 3.63) is 70.2 Å². The van der Waals surface area contributed by atoms with E-state index in [1.807, 2.05) is 0 Å². The van der Waals surface area contributed by atoms with E-state index < -0.39 is 21.5 Å². The van der Waals surface area contributed by atoms with Crippen LogP contribution in [-0.2, 0) is 9.84 Å². The lowest BCUT2D eigenvalue weighted by Crippen LogP contribution is -1.97. The molecule has 0 unspecified atom stereocenters. The van der Waals surface area contributed by atoms with Gasteiger partial charge in [-0.3, -0.25) is 0 Å². The highest BCUT2D eigenvalue weighted by Gasteiger charge is 2.17. The summed E-state index contributed by atoms with van der Waals surface area (Å²) in [6, 6.07) is 11.0. The van der Waals surface area contributed by atoms with Crippen molar-refractivity contribution in [2.24, 2.45) is 0 Å². The van der Waals surface area contributed by atoms with Gasteiger partial charge < -0.3 is 4.74 Å². The third-order valence-electron chi connectivity index (χ3n) is 4.17. The lowest BCUT2D eigenvalue weighted by Gasteiger charge is -2.14. The van der Waals surface area contributed by atoms with Crippen molar-refractivity contribution >= 4 is 33.0 Å². The van der Waals surface area contributed by atoms with Gasteiger partial charge in [-0.15, -0.1) is 0 Å². The molecule has 146 valence electrons. The smallest absolute Gasteiger partial charge is 0.175 e. The number of hydrogen-bond donors (Lipinski definition) is 0. The maximum absolute atomic E-state index is 14.0. The Balaban J connectivity index is 2.23. The van der Waals surface area contributed by atoms with Crippen LogP contribution in [0, 0.1) is 11.6 Å². The lowest BCUT2D eigenvalue weighted by atomic mass is 9.94. The Labute approximate surface area is 171 Å². The number of halogens is 4. The molecular weight excluding hydrogens is 429 g/mol. The van der Waals surface area contributed by atoms with E-state index in [1.54, 1.807) is 0 Å². The molecule has 0 aliphatic heterocycles. The second-order valence-corrected chi connectivity index (χ2v) is 8.91. The molecule has 0 saturated carbocycles. The van der Waals surface area contributed by atoms with Crippen molar-refractivity contribution in [3.63, 3.8) is 0 Å². The Hall–Kier alpha value is -2.15. The molecule has 0 aliphatic rings. The number of rotatable bonds is 4. The van der Waals surface area contributed by atoms with Crippen LogP contribution in [-0.4, -0.2) is 21.8 Å². The second-order valence-electron chi connectivity index (χ2n) is 6.08. The summed E-state index contributed by atoms with van der Waals surface area (Å²) < 4.78 is 56.4. The molecule has 0 bridgehead atoms. The maximum Gasteiger partial charge on any atom is 0.175 e. The van der Waals surface area contributed by atoms with Gasteiger partial charge in [-0.05, 0) is 58.7 Å². The van der Waals surface area contributed by atoms with Gasteiger partial charge in [0.05, 0.1) is 22.1 Å². The molecule has 8 heteroatoms. The van der Waals surface area contributed by atoms with Gasteiger partial charge in [0.25, 0.3) is 0 Å². The van der Waals surface area contributed by atoms with Crippen molar-refractivity contribution < 1.29 is 21.9 Å². The molecule has 0 atom stereocenters. The van der Waals surface area contributed by atoms with Gasteiger partial charge in [0.1, 0.15) is 0 Å². The van der Waals surface area contributed by atoms with Crippen LogP contribution in [0.3, 0.4) is 0 Å². The van der Waals surface area contributed by atoms with Crippen LogP contribution in [0.5, 0.6) is 5.75 Å². The minimum Gasteiger partial charge on any atom is -0.494 e. The number of hydrogen-bond acceptors (Lipinski definition) is 3. The molecule has 0 radical (unpaired) electrons. The third-order valence-corrected chi connectivity index (χ3v) is 5.86. The molecular formula is C20H14Cl2F2O3S. The van der Waals surface area contributed by atoms with E-state index in [0.717, 1.165) is 18.4 Å². The predicted octanol–water partition coefficient (Wildman–Crippen LogP) is 6.02. The van der Waals surface area contributed by atoms with Gasteiger partial charge in [-0.1, -0.05) is 35.3 Å². The Morgan fingerprint density at radius 1 is 0.821 bits per heavy atom. The summed E-state index contributed by atoms with van der Waals surface area (Å²) in [5, 5.41) is 0.432. The first-order chi connectivity index (χ1) is 13.1. The van der Waals surface area contributed by atoms with E-state index in [2.05, 4.69) is 0 Å². The van der Waals surface area contributed by atoms with E-state index in [0.29, 0.717) is 22.3 Å². The summed E-state index contributed by atoms with van der Waals surface area (Å²) in [5.74, 6) is -1.79. The summed E-state index contributed by atoms with van der Waals surface area (Å²) in [6.45, 7) is 0. The standard InChI is InChI=1S/C20H14Cl2F2O3S/c1-27-20-16(21)7-12(8-17(20)22)15-10-19(24)18(23)9-14(15)11-3-5-13(6-4-11)28(2,25)26/h3-10H,1-2H3. The summed E-state index contributed by atoms with van der Waals surface area (Å²) in [7, 11) is -1.96. The topological polar surface area (TPSA) is 43.4 Å². The zero-order valence-electron chi connectivity index (χ0n) is 14.8. The van der Waals surface area contributed by atoms with Crippen molar-refractivity contribution in [1.29, 1.82) is 0 Å². The SMILES string of the molecule is COc1c(Cl)cc(-c2cc(F)c(F)cc2-c2ccc(S(C)(=O)=O)cc2)cc1Cl. The van der Waals surface area contributed by atoms with E-state index >= 15 is 0 Å². The van der Waals surface area contributed by atoms with Crippen LogP contribution in [0.25, 0.3) is 22.3 Å². The van der Waals surface area contributed by atoms with Crippen molar-refractivity contribution in [2.75, 3.05) is 13.4 Å². The van der Waals surface area contributed by atoms with Gasteiger partial charge in [0, 0.05) is 6.26 Å². The summed E-state index contributed by atoms with van der Waals surface area (Å²) in [5.41, 5.74) is 1.66. The Morgan fingerprint density at radius 2 is 1.29 bits per heavy atom. The molecule has 28 heavy (non-hydrogen) atoms. The van der Waals surface area contributed by atoms with Crippen LogP contribution in [0.2, 0.25) is 10.0 Å². The van der Waals surface area contributed by atoms with E-state index in [-0.39, 0.29) is 20.7 Å². The minimum atomic E-state index is -3.38. The first kappa shape index (κ1) is 20.6. The normalized spacial score (nSPS) is 11.5. The minimum absolute atomic E-state index is 0.121. The zero-order valence-corrected chi connectivity index (χ0v) is 17.1. The van der Waals surface area contributed by atoms with Crippen LogP contribution in [0.1, 0.15) is 0 Å². The van der Waals surface area contributed by atoms with Gasteiger partial charge in [-0.2, -0.15) is 0 Å². The van der Waals surface area contributed by atoms with Crippen LogP contribution >= 0.6 is 23.2 Å². The summed E-state index contributed by atoms with van der Waals surface area (Å²) in [4.78, 5) is 0.121. The van der Waals surface area contributed by atoms with E-state index in [1.165, 1.54) is 43.5 Å². The molecule has 0 spiro atoms. The highest BCUT2D eigenvalue weighted by Crippen LogP contribution is 2.41. The molecule has 0 aromatic heterocycles. The van der Waals surface area contributed by atoms with Crippen molar-refractivity contribution in [2.45, 2.75) is 4.90 Å². The second kappa shape index (κ2) is 7.70. The van der Waals surface area contributed by atoms with Crippen molar-refractivity contribution in [1.82, 2.24) is 0 Å². The van der Waals surface area contributed by atoms with Crippen LogP contribution < -0.4 is 4.74 Å². The highest BCUT2D eigenvalue weighted by atomic mass is 35.5. The van der Waals surface area contributed by atoms with Gasteiger partial charge in [0.15, 0.2) is 27.2 Å². The molecule has 0 N–H and O–H groups in total. The maximum atomic E-state index is 14.0. The monoisotopic (exact) mass is 442 g/mol. The Kier molecular flexibility index (Phi) is 5.66. The Morgan fingerprint density at radius 3 is 1.71 bits per heavy atom. The first-order valence-corrected chi connectivity index (χ1v) is 10.6. The molecule has 0 heterocycles. The molecule has 0 aliphatic carbocycles. The van der Waals surface area contributed by atoms with Crippen molar-refractivity contribution in [3.8, 4) is 28.0 Å². The summed E-state index contributed by atoms with van der Waals surface area (Å²) >= 11 is 12.4. The van der Waals surface area contributed by atoms with E-state index in [4.69, 9.17) is 27.9 Å². The van der Waals surface area contributed by atoms with Gasteiger partial charge in [-0.25, -0.2) is 17.2 Å². The fourth-order valence-electron chi connectivity index (χ4n) is 2.82. The first-order valence-electron chi connectivity index (χ1n) is 7.94. The van der Waals surface area contributed by atoms with E-state index in [9.17, 15) is 17.2 Å². The average Bonchev–Trinajstić information content (AvgIpc) is 2.62. The molecule has 0 saturated heterocycles. The molecule has 0 amide bonds. The fraction of sp³-hybridized carbons (Fsp3) is 0.100. The van der Waals surface area contributed by atoms with Gasteiger partial charge in [0.2, 0.25) is 0 Å². The number of methoxy groups -OCH3 is 1. The summed E-state index contributed by atoms with van der Waals surface area (Å²) in [6.07, 6.45) is 1.09. The number of sulfone groups is 1. The third kappa shape index (κ3) is 3.99.